The number of halogens is 1. The Balaban J connectivity index is 0.00000169. The number of fused-ring (bicyclic) bond motifs is 2. The topological polar surface area (TPSA) is 54.9 Å². The highest BCUT2D eigenvalue weighted by Gasteiger charge is 2.65. The van der Waals surface area contributed by atoms with Crippen LogP contribution in [0.3, 0.4) is 0 Å². The van der Waals surface area contributed by atoms with Crippen molar-refractivity contribution >= 4 is 29.9 Å². The van der Waals surface area contributed by atoms with Crippen molar-refractivity contribution in [1.82, 2.24) is 10.6 Å². The molecule has 2 heterocycles. The second kappa shape index (κ2) is 7.27. The zero-order valence-electron chi connectivity index (χ0n) is 15.0. The first kappa shape index (κ1) is 18.7. The lowest BCUT2D eigenvalue weighted by Gasteiger charge is -2.57. The van der Waals surface area contributed by atoms with Gasteiger partial charge in [0, 0.05) is 44.2 Å². The van der Waals surface area contributed by atoms with Gasteiger partial charge in [0.1, 0.15) is 0 Å². The van der Waals surface area contributed by atoms with Gasteiger partial charge in [0.2, 0.25) is 0 Å². The molecule has 2 saturated heterocycles. The van der Waals surface area contributed by atoms with Gasteiger partial charge in [0.05, 0.1) is 11.7 Å². The molecule has 1 spiro atoms. The minimum Gasteiger partial charge on any atom is -0.377 e. The number of nitrogens with zero attached hydrogens (tertiary/aromatic N) is 1. The summed E-state index contributed by atoms with van der Waals surface area (Å²) in [6.07, 6.45) is 9.30. The first-order valence-corrected chi connectivity index (χ1v) is 9.40. The van der Waals surface area contributed by atoms with Crippen LogP contribution in [0.25, 0.3) is 0 Å². The second-order valence-corrected chi connectivity index (χ2v) is 8.13. The van der Waals surface area contributed by atoms with E-state index in [1.165, 1.54) is 32.1 Å². The molecule has 4 fully saturated rings. The van der Waals surface area contributed by atoms with E-state index in [-0.39, 0.29) is 29.6 Å². The van der Waals surface area contributed by atoms with E-state index in [0.29, 0.717) is 23.5 Å². The third kappa shape index (κ3) is 3.07. The number of hydrogen-bond acceptors (Lipinski definition) is 3. The Bertz CT molecular complexity index is 473. The molecule has 2 saturated carbocycles. The van der Waals surface area contributed by atoms with E-state index in [2.05, 4.69) is 22.5 Å². The summed E-state index contributed by atoms with van der Waals surface area (Å²) in [5.74, 6) is 1.60. The molecule has 2 aliphatic carbocycles. The molecule has 0 aromatic rings. The smallest absolute Gasteiger partial charge is 0.191 e. The third-order valence-electron chi connectivity index (χ3n) is 6.73. The molecule has 24 heavy (non-hydrogen) atoms. The van der Waals surface area contributed by atoms with Crippen molar-refractivity contribution in [3.63, 3.8) is 0 Å². The van der Waals surface area contributed by atoms with Crippen LogP contribution in [0.1, 0.15) is 51.9 Å². The van der Waals surface area contributed by atoms with Crippen molar-refractivity contribution in [3.05, 3.63) is 0 Å². The van der Waals surface area contributed by atoms with Crippen LogP contribution in [-0.2, 0) is 9.47 Å². The summed E-state index contributed by atoms with van der Waals surface area (Å²) in [6, 6.07) is 0.529. The molecule has 2 N–H and O–H groups in total. The van der Waals surface area contributed by atoms with E-state index in [9.17, 15) is 0 Å². The molecule has 5 nitrogen and oxygen atoms in total. The minimum absolute atomic E-state index is 0. The molecular weight excluding hydrogens is 417 g/mol. The average molecular weight is 449 g/mol. The second-order valence-electron chi connectivity index (χ2n) is 8.13. The largest absolute Gasteiger partial charge is 0.377 e. The Kier molecular flexibility index (Phi) is 5.67. The SMILES string of the molecule is CN=C(NCC1(C)CCCO1)NC1C2CCOC2C12CCCC2.I. The normalized spacial score (nSPS) is 40.1. The van der Waals surface area contributed by atoms with Crippen molar-refractivity contribution in [3.8, 4) is 0 Å². The van der Waals surface area contributed by atoms with Crippen LogP contribution in [0.5, 0.6) is 0 Å². The van der Waals surface area contributed by atoms with Crippen LogP contribution < -0.4 is 10.6 Å². The summed E-state index contributed by atoms with van der Waals surface area (Å²) < 4.78 is 12.0. The molecule has 2 aliphatic heterocycles. The van der Waals surface area contributed by atoms with Crippen LogP contribution in [0.4, 0.5) is 0 Å². The molecule has 4 atom stereocenters. The summed E-state index contributed by atoms with van der Waals surface area (Å²) in [5.41, 5.74) is 0.327. The molecule has 4 aliphatic rings. The van der Waals surface area contributed by atoms with Gasteiger partial charge in [-0.3, -0.25) is 4.99 Å². The maximum absolute atomic E-state index is 6.07. The number of rotatable bonds is 3. The van der Waals surface area contributed by atoms with Crippen LogP contribution in [0.15, 0.2) is 4.99 Å². The summed E-state index contributed by atoms with van der Waals surface area (Å²) in [7, 11) is 1.87. The van der Waals surface area contributed by atoms with Crippen molar-refractivity contribution in [2.75, 3.05) is 26.8 Å². The molecule has 138 valence electrons. The van der Waals surface area contributed by atoms with Gasteiger partial charge >= 0.3 is 0 Å². The van der Waals surface area contributed by atoms with Gasteiger partial charge in [0.25, 0.3) is 0 Å². The molecule has 0 bridgehead atoms. The maximum Gasteiger partial charge on any atom is 0.191 e. The highest BCUT2D eigenvalue weighted by atomic mass is 127. The maximum atomic E-state index is 6.07. The van der Waals surface area contributed by atoms with Crippen molar-refractivity contribution in [2.45, 2.75) is 69.6 Å². The van der Waals surface area contributed by atoms with Crippen LogP contribution in [-0.4, -0.2) is 50.5 Å². The van der Waals surface area contributed by atoms with Gasteiger partial charge in [-0.2, -0.15) is 0 Å². The van der Waals surface area contributed by atoms with E-state index in [0.717, 1.165) is 38.6 Å². The van der Waals surface area contributed by atoms with E-state index in [1.54, 1.807) is 0 Å². The van der Waals surface area contributed by atoms with Crippen molar-refractivity contribution < 1.29 is 9.47 Å². The predicted octanol–water partition coefficient (Wildman–Crippen LogP) is 2.69. The standard InChI is InChI=1S/C18H31N3O2.HI/c1-17(7-5-10-23-17)12-20-16(19-2)21-14-13-6-11-22-15(13)18(14)8-3-4-9-18;/h13-15H,3-12H2,1-2H3,(H2,19,20,21);1H. The van der Waals surface area contributed by atoms with Crippen molar-refractivity contribution in [1.29, 1.82) is 0 Å². The fourth-order valence-corrected chi connectivity index (χ4v) is 5.49. The number of nitrogens with one attached hydrogen (secondary N) is 2. The summed E-state index contributed by atoms with van der Waals surface area (Å²) in [5, 5.41) is 7.26. The highest BCUT2D eigenvalue weighted by Crippen LogP contribution is 2.60. The zero-order valence-corrected chi connectivity index (χ0v) is 17.3. The van der Waals surface area contributed by atoms with Gasteiger partial charge in [-0.25, -0.2) is 0 Å². The fourth-order valence-electron chi connectivity index (χ4n) is 5.49. The number of aliphatic imine (C=N–C) groups is 1. The van der Waals surface area contributed by atoms with Gasteiger partial charge in [-0.15, -0.1) is 24.0 Å². The Morgan fingerprint density at radius 3 is 2.62 bits per heavy atom. The predicted molar refractivity (Wildman–Crippen MR) is 106 cm³/mol. The molecule has 4 rings (SSSR count). The van der Waals surface area contributed by atoms with Crippen molar-refractivity contribution in [2.24, 2.45) is 16.3 Å². The Labute approximate surface area is 162 Å². The first-order chi connectivity index (χ1) is 11.2. The average Bonchev–Trinajstić information content (AvgIpc) is 3.27. The molecule has 0 aromatic carbocycles. The van der Waals surface area contributed by atoms with Crippen LogP contribution in [0, 0.1) is 11.3 Å². The Hall–Kier alpha value is -0.0800. The quantitative estimate of drug-likeness (QED) is 0.395. The van der Waals surface area contributed by atoms with E-state index in [4.69, 9.17) is 9.47 Å². The highest BCUT2D eigenvalue weighted by molar-refractivity contribution is 14.0. The third-order valence-corrected chi connectivity index (χ3v) is 6.73. The molecule has 0 radical (unpaired) electrons. The van der Waals surface area contributed by atoms with E-state index < -0.39 is 0 Å². The number of ether oxygens (including phenoxy) is 2. The van der Waals surface area contributed by atoms with Gasteiger partial charge in [-0.1, -0.05) is 12.8 Å². The van der Waals surface area contributed by atoms with Gasteiger partial charge in [-0.05, 0) is 39.0 Å². The molecule has 0 aromatic heterocycles. The van der Waals surface area contributed by atoms with Gasteiger partial charge in [0.15, 0.2) is 5.96 Å². The monoisotopic (exact) mass is 449 g/mol. The fraction of sp³-hybridized carbons (Fsp3) is 0.944. The lowest BCUT2D eigenvalue weighted by molar-refractivity contribution is -0.125. The Morgan fingerprint density at radius 1 is 1.17 bits per heavy atom. The van der Waals surface area contributed by atoms with Crippen LogP contribution >= 0.6 is 24.0 Å². The minimum atomic E-state index is -0.0404. The number of guanidine groups is 1. The number of hydrogen-bond donors (Lipinski definition) is 2. The molecule has 0 amide bonds. The molecular formula is C18H32IN3O2. The Morgan fingerprint density at radius 2 is 1.96 bits per heavy atom. The zero-order chi connectivity index (χ0) is 15.9. The summed E-state index contributed by atoms with van der Waals surface area (Å²) >= 11 is 0. The first-order valence-electron chi connectivity index (χ1n) is 9.40. The lowest BCUT2D eigenvalue weighted by atomic mass is 9.54. The van der Waals surface area contributed by atoms with Gasteiger partial charge < -0.3 is 20.1 Å². The lowest BCUT2D eigenvalue weighted by Crippen LogP contribution is -2.69. The molecule has 4 unspecified atom stereocenters. The summed E-state index contributed by atoms with van der Waals surface area (Å²) in [6.45, 7) is 4.85. The molecule has 6 heteroatoms. The summed E-state index contributed by atoms with van der Waals surface area (Å²) in [4.78, 5) is 4.47. The van der Waals surface area contributed by atoms with E-state index >= 15 is 0 Å². The van der Waals surface area contributed by atoms with E-state index in [1.807, 2.05) is 7.05 Å². The van der Waals surface area contributed by atoms with Crippen LogP contribution in [0.2, 0.25) is 0 Å².